The zero-order chi connectivity index (χ0) is 10.4. The van der Waals surface area contributed by atoms with Gasteiger partial charge in [-0.2, -0.15) is 0 Å². The van der Waals surface area contributed by atoms with E-state index in [2.05, 4.69) is 62.3 Å². The molecule has 0 aromatic heterocycles. The second-order valence-electron chi connectivity index (χ2n) is 2.97. The van der Waals surface area contributed by atoms with Crippen molar-refractivity contribution in [3.05, 3.63) is 41.0 Å². The summed E-state index contributed by atoms with van der Waals surface area (Å²) in [5.41, 5.74) is 3.56. The van der Waals surface area contributed by atoms with Crippen LogP contribution in [0.4, 0.5) is 0 Å². The van der Waals surface area contributed by atoms with E-state index in [1.807, 2.05) is 19.8 Å². The van der Waals surface area contributed by atoms with Crippen molar-refractivity contribution >= 4 is 6.81 Å². The summed E-state index contributed by atoms with van der Waals surface area (Å²) in [7, 11) is 0. The van der Waals surface area contributed by atoms with Crippen LogP contribution >= 0.6 is 0 Å². The number of nitrogens with zero attached hydrogens (tertiary/aromatic N) is 1. The fourth-order valence-corrected chi connectivity index (χ4v) is 1.59. The fourth-order valence-electron chi connectivity index (χ4n) is 1.19. The number of rotatable bonds is 3. The molecule has 1 aromatic carbocycles. The van der Waals surface area contributed by atoms with E-state index >= 15 is 0 Å². The minimum absolute atomic E-state index is 0.918. The first-order valence-corrected chi connectivity index (χ1v) is 5.28. The fraction of sp³-hybridized carbons (Fsp3) is 0.167. The normalized spacial score (nSPS) is 10.1. The molecule has 0 saturated heterocycles. The molecule has 0 unspecified atom stereocenters. The summed E-state index contributed by atoms with van der Waals surface area (Å²) in [6, 6.07) is 8.29. The summed E-state index contributed by atoms with van der Waals surface area (Å²) in [5, 5.41) is 8.44. The Bertz CT molecular complexity index is 399. The van der Waals surface area contributed by atoms with Crippen molar-refractivity contribution in [1.29, 1.82) is 5.26 Å². The van der Waals surface area contributed by atoms with E-state index in [-0.39, 0.29) is 0 Å². The van der Waals surface area contributed by atoms with Gasteiger partial charge in [0.25, 0.3) is 0 Å². The average Bonchev–Trinajstić information content (AvgIpc) is 2.19. The van der Waals surface area contributed by atoms with Gasteiger partial charge in [0.2, 0.25) is 0 Å². The van der Waals surface area contributed by atoms with Gasteiger partial charge in [0.15, 0.2) is 0 Å². The van der Waals surface area contributed by atoms with Crippen LogP contribution in [0.15, 0.2) is 24.3 Å². The van der Waals surface area contributed by atoms with E-state index in [9.17, 15) is 0 Å². The predicted molar refractivity (Wildman–Crippen MR) is 55.6 cm³/mol. The molecule has 1 aromatic rings. The third-order valence-corrected chi connectivity index (χ3v) is 2.32. The Balaban J connectivity index is 3.02. The molecule has 0 aliphatic heterocycles. The minimum atomic E-state index is 0.918. The molecule has 0 atom stereocenters. The molecule has 0 aliphatic carbocycles. The molecule has 0 saturated carbocycles. The molecule has 2 heteroatoms. The van der Waals surface area contributed by atoms with Gasteiger partial charge in [-0.05, 0) is 0 Å². The maximum atomic E-state index is 8.44. The second kappa shape index (κ2) is 6.35. The van der Waals surface area contributed by atoms with Gasteiger partial charge < -0.3 is 0 Å². The number of benzene rings is 1. The van der Waals surface area contributed by atoms with Gasteiger partial charge in [0, 0.05) is 0 Å². The number of hydrogen-bond acceptors (Lipinski definition) is 1. The topological polar surface area (TPSA) is 23.8 Å². The van der Waals surface area contributed by atoms with Gasteiger partial charge in [-0.15, -0.1) is 0 Å². The van der Waals surface area contributed by atoms with Crippen molar-refractivity contribution in [1.82, 2.24) is 0 Å². The van der Waals surface area contributed by atoms with Crippen molar-refractivity contribution in [3.8, 4) is 6.07 Å². The molecule has 0 spiro atoms. The third-order valence-electron chi connectivity index (χ3n) is 1.97. The zero-order valence-corrected chi connectivity index (χ0v) is 9.60. The van der Waals surface area contributed by atoms with Gasteiger partial charge in [-0.3, -0.25) is 0 Å². The zero-order valence-electron chi connectivity index (χ0n) is 7.89. The van der Waals surface area contributed by atoms with E-state index in [0.29, 0.717) is 0 Å². The van der Waals surface area contributed by atoms with E-state index in [0.717, 1.165) is 12.0 Å². The number of hydrogen-bond donors (Lipinski definition) is 0. The molecule has 78 valence electrons. The molecule has 1 rings (SSSR count). The molecule has 0 heterocycles. The summed E-state index contributed by atoms with van der Waals surface area (Å²) in [6.07, 6.45) is 4.27. The van der Waals surface area contributed by atoms with Crippen LogP contribution < -0.4 is 0 Å². The molecule has 0 bridgehead atoms. The standard InChI is InChI=1S/C12H11N.Yb/c1-3-11-7-6-10(2)12(9-11)5-4-8-13;/h1,4-7,9H,3H2,2H3;/b5-4+;. The second-order valence-corrected chi connectivity index (χ2v) is 3.67. The molecule has 14 heavy (non-hydrogen) atoms. The summed E-state index contributed by atoms with van der Waals surface area (Å²) < 4.78 is 1.99. The van der Waals surface area contributed by atoms with Crippen LogP contribution in [0.1, 0.15) is 16.7 Å². The van der Waals surface area contributed by atoms with Crippen LogP contribution in [0.2, 0.25) is 0 Å². The Hall–Kier alpha value is -0.161. The molecule has 0 N–H and O–H groups in total. The molecule has 0 fully saturated rings. The van der Waals surface area contributed by atoms with Gasteiger partial charge in [-0.25, -0.2) is 0 Å². The molecule has 0 radical (unpaired) electrons. The predicted octanol–water partition coefficient (Wildman–Crippen LogP) is 2.43. The molecule has 0 amide bonds. The van der Waals surface area contributed by atoms with Crippen LogP contribution in [0.5, 0.6) is 0 Å². The summed E-state index contributed by atoms with van der Waals surface area (Å²) in [4.78, 5) is 0. The van der Waals surface area contributed by atoms with Gasteiger partial charge in [0.05, 0.1) is 0 Å². The first-order chi connectivity index (χ1) is 6.77. The van der Waals surface area contributed by atoms with Crippen molar-refractivity contribution < 1.29 is 44.1 Å². The number of allylic oxidation sites excluding steroid dienone is 1. The van der Waals surface area contributed by atoms with Gasteiger partial charge >= 0.3 is 117 Å². The van der Waals surface area contributed by atoms with Crippen LogP contribution in [-0.4, -0.2) is 0.737 Å². The Morgan fingerprint density at radius 2 is 2.29 bits per heavy atom. The van der Waals surface area contributed by atoms with E-state index in [4.69, 9.17) is 5.26 Å². The van der Waals surface area contributed by atoms with Crippen molar-refractivity contribution in [2.45, 2.75) is 13.3 Å². The van der Waals surface area contributed by atoms with Gasteiger partial charge in [0.1, 0.15) is 0 Å². The molecule has 0 aliphatic rings. The van der Waals surface area contributed by atoms with Crippen molar-refractivity contribution in [2.75, 3.05) is 0 Å². The van der Waals surface area contributed by atoms with E-state index < -0.39 is 0 Å². The third kappa shape index (κ3) is 3.53. The average molecular weight is 342 g/mol. The Kier molecular flexibility index (Phi) is 5.40. The number of aryl methyl sites for hydroxylation is 1. The van der Waals surface area contributed by atoms with Crippen LogP contribution in [-0.2, 0) is 6.42 Å². The Labute approximate surface area is 115 Å². The van der Waals surface area contributed by atoms with Crippen molar-refractivity contribution in [2.24, 2.45) is 0 Å². The Morgan fingerprint density at radius 1 is 1.50 bits per heavy atom. The van der Waals surface area contributed by atoms with Gasteiger partial charge in [-0.1, -0.05) is 0 Å². The Morgan fingerprint density at radius 3 is 2.93 bits per heavy atom. The van der Waals surface area contributed by atoms with E-state index in [1.54, 1.807) is 0 Å². The van der Waals surface area contributed by atoms with Crippen LogP contribution in [0, 0.1) is 62.4 Å². The quantitative estimate of drug-likeness (QED) is 0.774. The van der Waals surface area contributed by atoms with Crippen molar-refractivity contribution in [3.63, 3.8) is 0 Å². The molecule has 1 nitrogen and oxygen atoms in total. The molecular formula is C12H11NYb. The first kappa shape index (κ1) is 11.9. The monoisotopic (exact) mass is 343 g/mol. The maximum absolute atomic E-state index is 8.44. The summed E-state index contributed by atoms with van der Waals surface area (Å²) in [6.45, 7) is 2.04. The van der Waals surface area contributed by atoms with Crippen LogP contribution in [0.3, 0.4) is 0 Å². The number of nitriles is 1. The van der Waals surface area contributed by atoms with E-state index in [1.165, 1.54) is 17.2 Å². The SMILES string of the molecule is Cc1ccc(C[CH]=[Yb])cc1/C=C/C#N. The summed E-state index contributed by atoms with van der Waals surface area (Å²) >= 11 is 2.96. The summed E-state index contributed by atoms with van der Waals surface area (Å²) in [5.74, 6) is 0. The first-order valence-electron chi connectivity index (χ1n) is 4.29. The van der Waals surface area contributed by atoms with Crippen LogP contribution in [0.25, 0.3) is 6.08 Å². The molecular weight excluding hydrogens is 331 g/mol.